The molecule has 166 valence electrons. The number of nitrogens with one attached hydrogen (secondary N) is 2. The SMILES string of the molecule is CCOC(=O)N[C@H]1CC[C@H](Nc2ncc(C(=O)c3cc(F)ccc3OC)c(N)n2)CC1. The van der Waals surface area contributed by atoms with Crippen LogP contribution in [0.3, 0.4) is 0 Å². The number of amides is 1. The summed E-state index contributed by atoms with van der Waals surface area (Å²) in [6, 6.07) is 3.87. The number of nitrogens with two attached hydrogens (primary N) is 1. The van der Waals surface area contributed by atoms with Crippen LogP contribution < -0.4 is 21.1 Å². The van der Waals surface area contributed by atoms with Gasteiger partial charge in [-0.15, -0.1) is 0 Å². The number of ketones is 1. The first-order chi connectivity index (χ1) is 14.9. The molecule has 10 heteroatoms. The average molecular weight is 431 g/mol. The van der Waals surface area contributed by atoms with Gasteiger partial charge in [-0.3, -0.25) is 4.79 Å². The molecule has 3 rings (SSSR count). The molecule has 2 aromatic rings. The van der Waals surface area contributed by atoms with Crippen LogP contribution in [-0.4, -0.2) is 47.6 Å². The molecule has 1 heterocycles. The summed E-state index contributed by atoms with van der Waals surface area (Å²) < 4.78 is 23.7. The number of halogens is 1. The summed E-state index contributed by atoms with van der Waals surface area (Å²) in [7, 11) is 1.40. The minimum Gasteiger partial charge on any atom is -0.496 e. The van der Waals surface area contributed by atoms with Gasteiger partial charge in [0.1, 0.15) is 17.4 Å². The minimum absolute atomic E-state index is 0.00789. The molecule has 1 aromatic heterocycles. The van der Waals surface area contributed by atoms with E-state index in [1.807, 2.05) is 0 Å². The number of methoxy groups -OCH3 is 1. The molecule has 0 spiro atoms. The Morgan fingerprint density at radius 3 is 2.55 bits per heavy atom. The quantitative estimate of drug-likeness (QED) is 0.571. The van der Waals surface area contributed by atoms with Crippen LogP contribution in [0.1, 0.15) is 48.5 Å². The summed E-state index contributed by atoms with van der Waals surface area (Å²) in [5, 5.41) is 6.06. The van der Waals surface area contributed by atoms with E-state index < -0.39 is 17.7 Å². The molecule has 0 radical (unpaired) electrons. The number of ether oxygens (including phenoxy) is 2. The highest BCUT2D eigenvalue weighted by atomic mass is 19.1. The number of anilines is 2. The maximum Gasteiger partial charge on any atom is 0.407 e. The molecular weight excluding hydrogens is 405 g/mol. The molecule has 1 aliphatic rings. The largest absolute Gasteiger partial charge is 0.496 e. The monoisotopic (exact) mass is 431 g/mol. The summed E-state index contributed by atoms with van der Waals surface area (Å²) in [5.74, 6) is -0.546. The fraction of sp³-hybridized carbons (Fsp3) is 0.429. The van der Waals surface area contributed by atoms with Crippen molar-refractivity contribution in [3.05, 3.63) is 41.3 Å². The van der Waals surface area contributed by atoms with Crippen molar-refractivity contribution in [3.8, 4) is 5.75 Å². The Balaban J connectivity index is 1.62. The van der Waals surface area contributed by atoms with Crippen LogP contribution in [-0.2, 0) is 4.74 Å². The number of aromatic nitrogens is 2. The smallest absolute Gasteiger partial charge is 0.407 e. The molecule has 1 amide bonds. The van der Waals surface area contributed by atoms with E-state index in [1.165, 1.54) is 25.4 Å². The minimum atomic E-state index is -0.560. The van der Waals surface area contributed by atoms with Crippen LogP contribution >= 0.6 is 0 Å². The highest BCUT2D eigenvalue weighted by molar-refractivity contribution is 6.13. The summed E-state index contributed by atoms with van der Waals surface area (Å²) in [4.78, 5) is 32.7. The Hall–Kier alpha value is -3.43. The van der Waals surface area contributed by atoms with Gasteiger partial charge in [-0.05, 0) is 50.8 Å². The Labute approximate surface area is 179 Å². The van der Waals surface area contributed by atoms with Crippen molar-refractivity contribution in [2.75, 3.05) is 24.8 Å². The predicted octanol–water partition coefficient (Wildman–Crippen LogP) is 2.91. The van der Waals surface area contributed by atoms with Crippen molar-refractivity contribution in [3.63, 3.8) is 0 Å². The van der Waals surface area contributed by atoms with E-state index in [1.54, 1.807) is 6.92 Å². The van der Waals surface area contributed by atoms with Gasteiger partial charge in [0.2, 0.25) is 11.7 Å². The third-order valence-corrected chi connectivity index (χ3v) is 5.13. The van der Waals surface area contributed by atoms with E-state index in [2.05, 4.69) is 20.6 Å². The van der Waals surface area contributed by atoms with Crippen LogP contribution in [0.25, 0.3) is 0 Å². The van der Waals surface area contributed by atoms with Crippen molar-refractivity contribution in [2.45, 2.75) is 44.7 Å². The van der Waals surface area contributed by atoms with Crippen molar-refractivity contribution >= 4 is 23.6 Å². The number of benzene rings is 1. The Morgan fingerprint density at radius 2 is 1.90 bits per heavy atom. The Bertz CT molecular complexity index is 947. The van der Waals surface area contributed by atoms with Gasteiger partial charge in [-0.2, -0.15) is 4.98 Å². The first-order valence-electron chi connectivity index (χ1n) is 10.1. The van der Waals surface area contributed by atoms with Crippen molar-refractivity contribution in [1.29, 1.82) is 0 Å². The topological polar surface area (TPSA) is 128 Å². The lowest BCUT2D eigenvalue weighted by Gasteiger charge is -2.29. The third-order valence-electron chi connectivity index (χ3n) is 5.13. The number of carbonyl (C=O) groups is 2. The van der Waals surface area contributed by atoms with Gasteiger partial charge in [-0.25, -0.2) is 14.2 Å². The van der Waals surface area contributed by atoms with Crippen LogP contribution in [0.4, 0.5) is 21.0 Å². The standard InChI is InChI=1S/C21H26FN5O4/c1-3-31-21(29)26-14-7-5-13(6-8-14)25-20-24-11-16(19(23)27-20)18(28)15-10-12(22)4-9-17(15)30-2/h4,9-11,13-14H,3,5-8H2,1-2H3,(H,26,29)(H3,23,24,25,27)/t13-,14-. The van der Waals surface area contributed by atoms with E-state index >= 15 is 0 Å². The number of carbonyl (C=O) groups excluding carboxylic acids is 2. The zero-order chi connectivity index (χ0) is 22.4. The van der Waals surface area contributed by atoms with Gasteiger partial charge >= 0.3 is 6.09 Å². The fourth-order valence-electron chi connectivity index (χ4n) is 3.55. The van der Waals surface area contributed by atoms with Gasteiger partial charge in [0, 0.05) is 18.3 Å². The van der Waals surface area contributed by atoms with Gasteiger partial charge in [-0.1, -0.05) is 0 Å². The van der Waals surface area contributed by atoms with Crippen LogP contribution in [0.5, 0.6) is 5.75 Å². The second-order valence-corrected chi connectivity index (χ2v) is 7.22. The van der Waals surface area contributed by atoms with Gasteiger partial charge < -0.3 is 25.8 Å². The Kier molecular flexibility index (Phi) is 7.22. The lowest BCUT2D eigenvalue weighted by Crippen LogP contribution is -2.40. The van der Waals surface area contributed by atoms with Gasteiger partial charge in [0.05, 0.1) is 24.8 Å². The molecule has 4 N–H and O–H groups in total. The van der Waals surface area contributed by atoms with E-state index in [0.717, 1.165) is 31.7 Å². The molecule has 0 saturated heterocycles. The molecule has 1 aromatic carbocycles. The third kappa shape index (κ3) is 5.59. The van der Waals surface area contributed by atoms with Crippen LogP contribution in [0.15, 0.2) is 24.4 Å². The number of hydrogen-bond acceptors (Lipinski definition) is 8. The Morgan fingerprint density at radius 1 is 1.19 bits per heavy atom. The summed E-state index contributed by atoms with van der Waals surface area (Å²) in [6.07, 6.45) is 4.13. The normalized spacial score (nSPS) is 18.2. The van der Waals surface area contributed by atoms with Crippen molar-refractivity contribution in [2.24, 2.45) is 0 Å². The van der Waals surface area contributed by atoms with E-state index in [0.29, 0.717) is 12.6 Å². The second kappa shape index (κ2) is 10.1. The zero-order valence-corrected chi connectivity index (χ0v) is 17.5. The highest BCUT2D eigenvalue weighted by Gasteiger charge is 2.24. The molecule has 0 aliphatic heterocycles. The first-order valence-corrected chi connectivity index (χ1v) is 10.1. The molecule has 31 heavy (non-hydrogen) atoms. The summed E-state index contributed by atoms with van der Waals surface area (Å²) in [6.45, 7) is 2.10. The van der Waals surface area contributed by atoms with E-state index in [9.17, 15) is 14.0 Å². The maximum atomic E-state index is 13.6. The van der Waals surface area contributed by atoms with Crippen molar-refractivity contribution < 1.29 is 23.5 Å². The highest BCUT2D eigenvalue weighted by Crippen LogP contribution is 2.26. The molecule has 0 bridgehead atoms. The lowest BCUT2D eigenvalue weighted by atomic mass is 9.91. The molecule has 1 fully saturated rings. The number of nitrogens with zero attached hydrogens (tertiary/aromatic N) is 2. The number of nitrogen functional groups attached to an aromatic ring is 1. The maximum absolute atomic E-state index is 13.6. The molecule has 1 aliphatic carbocycles. The van der Waals surface area contributed by atoms with Crippen LogP contribution in [0.2, 0.25) is 0 Å². The van der Waals surface area contributed by atoms with Crippen LogP contribution in [0, 0.1) is 5.82 Å². The average Bonchev–Trinajstić information content (AvgIpc) is 2.75. The summed E-state index contributed by atoms with van der Waals surface area (Å²) >= 11 is 0. The first kappa shape index (κ1) is 22.3. The van der Waals surface area contributed by atoms with E-state index in [4.69, 9.17) is 15.2 Å². The van der Waals surface area contributed by atoms with Gasteiger partial charge in [0.15, 0.2) is 0 Å². The molecule has 0 atom stereocenters. The zero-order valence-electron chi connectivity index (χ0n) is 17.5. The van der Waals surface area contributed by atoms with E-state index in [-0.39, 0.29) is 34.8 Å². The second-order valence-electron chi connectivity index (χ2n) is 7.22. The number of alkyl carbamates (subject to hydrolysis) is 1. The molecule has 0 unspecified atom stereocenters. The predicted molar refractivity (Wildman–Crippen MR) is 113 cm³/mol. The summed E-state index contributed by atoms with van der Waals surface area (Å²) in [5.41, 5.74) is 6.11. The number of rotatable bonds is 7. The van der Waals surface area contributed by atoms with Gasteiger partial charge in [0.25, 0.3) is 0 Å². The fourth-order valence-corrected chi connectivity index (χ4v) is 3.55. The molecular formula is C21H26FN5O4. The molecule has 9 nitrogen and oxygen atoms in total. The number of hydrogen-bond donors (Lipinski definition) is 3. The molecule has 1 saturated carbocycles. The van der Waals surface area contributed by atoms with Crippen molar-refractivity contribution in [1.82, 2.24) is 15.3 Å². The lowest BCUT2D eigenvalue weighted by molar-refractivity contribution is 0.103.